The molecule has 112 valence electrons. The molecule has 1 aliphatic carbocycles. The molecule has 0 aromatic heterocycles. The van der Waals surface area contributed by atoms with Crippen LogP contribution in [-0.2, 0) is 9.59 Å². The molecule has 1 saturated carbocycles. The van der Waals surface area contributed by atoms with Crippen LogP contribution in [0.2, 0.25) is 0 Å². The molecule has 1 aliphatic heterocycles. The minimum Gasteiger partial charge on any atom is -0.333 e. The van der Waals surface area contributed by atoms with Crippen molar-refractivity contribution in [3.8, 4) is 0 Å². The second-order valence-electron chi connectivity index (χ2n) is 5.98. The Morgan fingerprint density at radius 3 is 2.43 bits per heavy atom. The molecule has 0 bridgehead atoms. The summed E-state index contributed by atoms with van der Waals surface area (Å²) >= 11 is 0. The van der Waals surface area contributed by atoms with Gasteiger partial charge in [-0.1, -0.05) is 31.0 Å². The molecule has 2 fully saturated rings. The van der Waals surface area contributed by atoms with Crippen LogP contribution in [0.5, 0.6) is 0 Å². The van der Waals surface area contributed by atoms with Crippen molar-refractivity contribution >= 4 is 17.5 Å². The zero-order valence-electron chi connectivity index (χ0n) is 12.3. The van der Waals surface area contributed by atoms with E-state index in [1.54, 1.807) is 4.90 Å². The van der Waals surface area contributed by atoms with Crippen LogP contribution in [-0.4, -0.2) is 36.3 Å². The van der Waals surface area contributed by atoms with Gasteiger partial charge in [0.05, 0.1) is 0 Å². The van der Waals surface area contributed by atoms with Crippen LogP contribution in [0, 0.1) is 5.92 Å². The van der Waals surface area contributed by atoms with Crippen molar-refractivity contribution < 1.29 is 9.59 Å². The third-order valence-corrected chi connectivity index (χ3v) is 4.52. The monoisotopic (exact) mass is 286 g/mol. The van der Waals surface area contributed by atoms with E-state index in [0.717, 1.165) is 37.8 Å². The molecule has 1 aromatic carbocycles. The van der Waals surface area contributed by atoms with Gasteiger partial charge in [-0.15, -0.1) is 0 Å². The number of amides is 2. The first-order valence-corrected chi connectivity index (χ1v) is 7.90. The first kappa shape index (κ1) is 14.1. The number of nitrogens with zero attached hydrogens (tertiary/aromatic N) is 2. The molecule has 0 spiro atoms. The summed E-state index contributed by atoms with van der Waals surface area (Å²) in [4.78, 5) is 28.6. The highest BCUT2D eigenvalue weighted by Crippen LogP contribution is 2.27. The summed E-state index contributed by atoms with van der Waals surface area (Å²) in [6, 6.07) is 9.73. The number of carbonyl (C=O) groups is 2. The Labute approximate surface area is 125 Å². The summed E-state index contributed by atoms with van der Waals surface area (Å²) in [6.07, 6.45) is 5.12. The van der Waals surface area contributed by atoms with Crippen LogP contribution in [0.15, 0.2) is 30.3 Å². The Morgan fingerprint density at radius 1 is 1.00 bits per heavy atom. The van der Waals surface area contributed by atoms with Crippen LogP contribution in [0.1, 0.15) is 32.1 Å². The number of carbonyl (C=O) groups excluding carboxylic acids is 2. The second kappa shape index (κ2) is 6.29. The van der Waals surface area contributed by atoms with E-state index in [2.05, 4.69) is 0 Å². The van der Waals surface area contributed by atoms with Gasteiger partial charge in [-0.2, -0.15) is 0 Å². The first-order valence-electron chi connectivity index (χ1n) is 7.90. The number of anilines is 1. The van der Waals surface area contributed by atoms with Crippen molar-refractivity contribution in [2.45, 2.75) is 32.1 Å². The smallest absolute Gasteiger partial charge is 0.246 e. The largest absolute Gasteiger partial charge is 0.333 e. The predicted octanol–water partition coefficient (Wildman–Crippen LogP) is 2.44. The molecule has 4 heteroatoms. The molecule has 3 rings (SSSR count). The molecular formula is C17H22N2O2. The fraction of sp³-hybridized carbons (Fsp3) is 0.529. The number of hydrogen-bond acceptors (Lipinski definition) is 2. The molecule has 2 aliphatic rings. The number of hydrogen-bond donors (Lipinski definition) is 0. The zero-order chi connectivity index (χ0) is 14.7. The Balaban J connectivity index is 1.69. The Morgan fingerprint density at radius 2 is 1.71 bits per heavy atom. The van der Waals surface area contributed by atoms with E-state index >= 15 is 0 Å². The second-order valence-corrected chi connectivity index (χ2v) is 5.98. The topological polar surface area (TPSA) is 40.6 Å². The lowest BCUT2D eigenvalue weighted by molar-refractivity contribution is -0.138. The van der Waals surface area contributed by atoms with E-state index in [-0.39, 0.29) is 24.3 Å². The minimum atomic E-state index is 0.0325. The average molecular weight is 286 g/mol. The van der Waals surface area contributed by atoms with Gasteiger partial charge in [-0.25, -0.2) is 0 Å². The highest BCUT2D eigenvalue weighted by molar-refractivity contribution is 5.97. The third-order valence-electron chi connectivity index (χ3n) is 4.52. The maximum Gasteiger partial charge on any atom is 0.246 e. The van der Waals surface area contributed by atoms with Crippen molar-refractivity contribution in [2.75, 3.05) is 24.5 Å². The SMILES string of the molecule is O=C(C1CCCC1)N1CCCN(c2ccccc2)C(=O)C1. The molecule has 4 nitrogen and oxygen atoms in total. The van der Waals surface area contributed by atoms with Crippen LogP contribution in [0.25, 0.3) is 0 Å². The van der Waals surface area contributed by atoms with Crippen molar-refractivity contribution in [2.24, 2.45) is 5.92 Å². The highest BCUT2D eigenvalue weighted by Gasteiger charge is 2.31. The zero-order valence-corrected chi connectivity index (χ0v) is 12.3. The van der Waals surface area contributed by atoms with E-state index in [0.29, 0.717) is 13.1 Å². The summed E-state index contributed by atoms with van der Waals surface area (Å²) in [5.74, 6) is 0.377. The summed E-state index contributed by atoms with van der Waals surface area (Å²) in [5, 5.41) is 0. The van der Waals surface area contributed by atoms with Crippen molar-refractivity contribution in [1.29, 1.82) is 0 Å². The maximum absolute atomic E-state index is 12.5. The Bertz CT molecular complexity index is 509. The molecule has 0 radical (unpaired) electrons. The first-order chi connectivity index (χ1) is 10.3. The van der Waals surface area contributed by atoms with Gasteiger partial charge >= 0.3 is 0 Å². The fourth-order valence-corrected chi connectivity index (χ4v) is 3.37. The van der Waals surface area contributed by atoms with Gasteiger partial charge in [0, 0.05) is 24.7 Å². The van der Waals surface area contributed by atoms with E-state index in [1.807, 2.05) is 35.2 Å². The molecule has 0 N–H and O–H groups in total. The van der Waals surface area contributed by atoms with Gasteiger partial charge in [0.2, 0.25) is 11.8 Å². The van der Waals surface area contributed by atoms with Gasteiger partial charge in [0.15, 0.2) is 0 Å². The van der Waals surface area contributed by atoms with Crippen LogP contribution in [0.3, 0.4) is 0 Å². The number of para-hydroxylation sites is 1. The maximum atomic E-state index is 12.5. The molecule has 0 unspecified atom stereocenters. The lowest BCUT2D eigenvalue weighted by Crippen LogP contribution is -2.41. The quantitative estimate of drug-likeness (QED) is 0.838. The molecular weight excluding hydrogens is 264 g/mol. The number of rotatable bonds is 2. The molecule has 1 saturated heterocycles. The van der Waals surface area contributed by atoms with Crippen LogP contribution >= 0.6 is 0 Å². The Hall–Kier alpha value is -1.84. The highest BCUT2D eigenvalue weighted by atomic mass is 16.2. The third kappa shape index (κ3) is 3.09. The summed E-state index contributed by atoms with van der Waals surface area (Å²) in [7, 11) is 0. The lowest BCUT2D eigenvalue weighted by Gasteiger charge is -2.24. The molecule has 2 amide bonds. The summed E-state index contributed by atoms with van der Waals surface area (Å²) in [5.41, 5.74) is 0.928. The normalized spacial score (nSPS) is 20.7. The molecule has 21 heavy (non-hydrogen) atoms. The van der Waals surface area contributed by atoms with Crippen molar-refractivity contribution in [3.63, 3.8) is 0 Å². The minimum absolute atomic E-state index is 0.0325. The average Bonchev–Trinajstić information content (AvgIpc) is 2.97. The van der Waals surface area contributed by atoms with Crippen LogP contribution < -0.4 is 4.90 Å². The predicted molar refractivity (Wildman–Crippen MR) is 82.0 cm³/mol. The van der Waals surface area contributed by atoms with E-state index in [9.17, 15) is 9.59 Å². The van der Waals surface area contributed by atoms with Gasteiger partial charge in [-0.05, 0) is 31.4 Å². The van der Waals surface area contributed by atoms with Crippen molar-refractivity contribution in [3.05, 3.63) is 30.3 Å². The van der Waals surface area contributed by atoms with Gasteiger partial charge < -0.3 is 9.80 Å². The fourth-order valence-electron chi connectivity index (χ4n) is 3.37. The van der Waals surface area contributed by atoms with Crippen LogP contribution in [0.4, 0.5) is 5.69 Å². The standard InChI is InChI=1S/C17H22N2O2/c20-16-13-18(17(21)14-7-4-5-8-14)11-6-12-19(16)15-9-2-1-3-10-15/h1-3,9-10,14H,4-8,11-13H2. The van der Waals surface area contributed by atoms with E-state index in [4.69, 9.17) is 0 Å². The van der Waals surface area contributed by atoms with Gasteiger partial charge in [0.1, 0.15) is 6.54 Å². The molecule has 0 atom stereocenters. The summed E-state index contributed by atoms with van der Waals surface area (Å²) < 4.78 is 0. The Kier molecular flexibility index (Phi) is 4.23. The molecule has 1 aromatic rings. The summed E-state index contributed by atoms with van der Waals surface area (Å²) in [6.45, 7) is 1.62. The van der Waals surface area contributed by atoms with Gasteiger partial charge in [0.25, 0.3) is 0 Å². The van der Waals surface area contributed by atoms with Gasteiger partial charge in [-0.3, -0.25) is 9.59 Å². The van der Waals surface area contributed by atoms with E-state index in [1.165, 1.54) is 0 Å². The lowest BCUT2D eigenvalue weighted by atomic mass is 10.1. The molecule has 1 heterocycles. The number of benzene rings is 1. The van der Waals surface area contributed by atoms with Crippen molar-refractivity contribution in [1.82, 2.24) is 4.90 Å². The van der Waals surface area contributed by atoms with E-state index < -0.39 is 0 Å².